The van der Waals surface area contributed by atoms with Crippen molar-refractivity contribution in [2.75, 3.05) is 14.2 Å². The van der Waals surface area contributed by atoms with E-state index in [1.807, 2.05) is 36.4 Å². The van der Waals surface area contributed by atoms with E-state index in [1.54, 1.807) is 14.2 Å². The number of hydrogen-bond donors (Lipinski definition) is 0. The molecule has 3 rings (SSSR count). The van der Waals surface area contributed by atoms with Gasteiger partial charge >= 0.3 is 0 Å². The van der Waals surface area contributed by atoms with Crippen LogP contribution in [0.5, 0.6) is 11.5 Å². The van der Waals surface area contributed by atoms with Crippen molar-refractivity contribution in [3.63, 3.8) is 0 Å². The topological polar surface area (TPSA) is 51.1 Å². The highest BCUT2D eigenvalue weighted by Gasteiger charge is 2.32. The fourth-order valence-corrected chi connectivity index (χ4v) is 4.28. The Bertz CT molecular complexity index is 883. The largest absolute Gasteiger partial charge is 0.493 e. The number of rotatable bonds is 4. The lowest BCUT2D eigenvalue weighted by Gasteiger charge is -2.21. The molecule has 0 saturated carbocycles. The van der Waals surface area contributed by atoms with E-state index < -0.39 is 0 Å². The number of ether oxygens (including phenoxy) is 2. The van der Waals surface area contributed by atoms with Crippen LogP contribution in [0.1, 0.15) is 30.5 Å². The van der Waals surface area contributed by atoms with E-state index in [9.17, 15) is 4.79 Å². The molecule has 1 aliphatic rings. The maximum Gasteiger partial charge on any atom is 0.240 e. The van der Waals surface area contributed by atoms with Gasteiger partial charge in [-0.25, -0.2) is 5.01 Å². The van der Waals surface area contributed by atoms with E-state index in [1.165, 1.54) is 11.9 Å². The molecule has 2 aromatic rings. The molecule has 0 bridgehead atoms. The van der Waals surface area contributed by atoms with Crippen LogP contribution in [-0.2, 0) is 4.79 Å². The van der Waals surface area contributed by atoms with Gasteiger partial charge in [-0.05, 0) is 29.8 Å². The van der Waals surface area contributed by atoms with Gasteiger partial charge in [-0.15, -0.1) is 0 Å². The SMILES string of the molecule is COc1ccc(C2CC(c3ccc(Br)cc3Br)=NN2C(C)=O)cc1OC. The third kappa shape index (κ3) is 3.64. The lowest BCUT2D eigenvalue weighted by Crippen LogP contribution is -2.24. The van der Waals surface area contributed by atoms with E-state index in [-0.39, 0.29) is 11.9 Å². The third-order valence-electron chi connectivity index (χ3n) is 4.27. The zero-order valence-corrected chi connectivity index (χ0v) is 17.8. The minimum Gasteiger partial charge on any atom is -0.493 e. The molecule has 1 amide bonds. The summed E-state index contributed by atoms with van der Waals surface area (Å²) in [6.45, 7) is 1.52. The van der Waals surface area contributed by atoms with Crippen molar-refractivity contribution in [2.45, 2.75) is 19.4 Å². The number of methoxy groups -OCH3 is 2. The number of carbonyl (C=O) groups is 1. The van der Waals surface area contributed by atoms with Crippen molar-refractivity contribution >= 4 is 43.5 Å². The minimum absolute atomic E-state index is 0.104. The van der Waals surface area contributed by atoms with Crippen molar-refractivity contribution in [3.8, 4) is 11.5 Å². The van der Waals surface area contributed by atoms with Crippen LogP contribution in [0.4, 0.5) is 0 Å². The normalized spacial score (nSPS) is 16.4. The number of halogens is 2. The third-order valence-corrected chi connectivity index (χ3v) is 5.42. The second-order valence-corrected chi connectivity index (χ2v) is 7.64. The molecule has 0 spiro atoms. The number of nitrogens with zero attached hydrogens (tertiary/aromatic N) is 2. The fraction of sp³-hybridized carbons (Fsp3) is 0.263. The minimum atomic E-state index is -0.183. The number of hydrogen-bond acceptors (Lipinski definition) is 4. The molecular weight excluding hydrogens is 464 g/mol. The molecule has 0 aliphatic carbocycles. The van der Waals surface area contributed by atoms with E-state index in [0.717, 1.165) is 25.8 Å². The van der Waals surface area contributed by atoms with Gasteiger partial charge in [0.25, 0.3) is 0 Å². The molecule has 0 N–H and O–H groups in total. The summed E-state index contributed by atoms with van der Waals surface area (Å²) in [6.07, 6.45) is 0.620. The summed E-state index contributed by atoms with van der Waals surface area (Å²) in [5, 5.41) is 6.12. The van der Waals surface area contributed by atoms with Crippen LogP contribution in [-0.4, -0.2) is 30.8 Å². The van der Waals surface area contributed by atoms with Gasteiger partial charge in [-0.3, -0.25) is 4.79 Å². The van der Waals surface area contributed by atoms with Gasteiger partial charge in [0.15, 0.2) is 11.5 Å². The number of carbonyl (C=O) groups excluding carboxylic acids is 1. The zero-order valence-electron chi connectivity index (χ0n) is 14.6. The van der Waals surface area contributed by atoms with E-state index in [4.69, 9.17) is 9.47 Å². The van der Waals surface area contributed by atoms with Crippen molar-refractivity contribution < 1.29 is 14.3 Å². The Morgan fingerprint density at radius 1 is 1.12 bits per heavy atom. The number of amides is 1. The Hall–Kier alpha value is -1.86. The average molecular weight is 482 g/mol. The Balaban J connectivity index is 1.98. The molecule has 1 atom stereocenters. The van der Waals surface area contributed by atoms with Crippen molar-refractivity contribution in [1.82, 2.24) is 5.01 Å². The molecule has 136 valence electrons. The molecule has 1 heterocycles. The van der Waals surface area contributed by atoms with E-state index in [2.05, 4.69) is 37.0 Å². The predicted octanol–water partition coefficient (Wildman–Crippen LogP) is 4.93. The Labute approximate surface area is 169 Å². The van der Waals surface area contributed by atoms with Crippen LogP contribution in [0.15, 0.2) is 50.4 Å². The Kier molecular flexibility index (Phi) is 5.67. The molecule has 0 fully saturated rings. The zero-order chi connectivity index (χ0) is 18.8. The first-order valence-electron chi connectivity index (χ1n) is 7.99. The molecule has 7 heteroatoms. The van der Waals surface area contributed by atoms with Crippen molar-refractivity contribution in [1.29, 1.82) is 0 Å². The molecule has 0 aromatic heterocycles. The summed E-state index contributed by atoms with van der Waals surface area (Å²) in [4.78, 5) is 12.2. The highest BCUT2D eigenvalue weighted by molar-refractivity contribution is 9.11. The maximum atomic E-state index is 12.2. The summed E-state index contributed by atoms with van der Waals surface area (Å²) in [6, 6.07) is 11.4. The van der Waals surface area contributed by atoms with Gasteiger partial charge in [0.2, 0.25) is 5.91 Å². The second kappa shape index (κ2) is 7.80. The van der Waals surface area contributed by atoms with Crippen molar-refractivity contribution in [3.05, 3.63) is 56.5 Å². The molecule has 1 unspecified atom stereocenters. The quantitative estimate of drug-likeness (QED) is 0.622. The van der Waals surface area contributed by atoms with Gasteiger partial charge in [0.1, 0.15) is 0 Å². The highest BCUT2D eigenvalue weighted by Crippen LogP contribution is 2.38. The first kappa shape index (κ1) is 18.9. The molecule has 26 heavy (non-hydrogen) atoms. The van der Waals surface area contributed by atoms with E-state index in [0.29, 0.717) is 17.9 Å². The Morgan fingerprint density at radius 3 is 2.46 bits per heavy atom. The molecular formula is C19H18Br2N2O3. The van der Waals surface area contributed by atoms with Gasteiger partial charge in [-0.1, -0.05) is 44.0 Å². The first-order chi connectivity index (χ1) is 12.4. The van der Waals surface area contributed by atoms with Crippen LogP contribution >= 0.6 is 31.9 Å². The molecule has 5 nitrogen and oxygen atoms in total. The summed E-state index contributed by atoms with van der Waals surface area (Å²) < 4.78 is 12.6. The second-order valence-electron chi connectivity index (χ2n) is 5.87. The van der Waals surface area contributed by atoms with Crippen LogP contribution in [0.25, 0.3) is 0 Å². The van der Waals surface area contributed by atoms with Crippen LogP contribution in [0, 0.1) is 0 Å². The molecule has 1 aliphatic heterocycles. The van der Waals surface area contributed by atoms with Gasteiger partial charge in [0.05, 0.1) is 26.0 Å². The van der Waals surface area contributed by atoms with Crippen LogP contribution in [0.3, 0.4) is 0 Å². The standard InChI is InChI=1S/C19H18Br2N2O3/c1-11(24)23-17(12-4-7-18(25-2)19(8-12)26-3)10-16(22-23)14-6-5-13(20)9-15(14)21/h4-9,17H,10H2,1-3H3. The lowest BCUT2D eigenvalue weighted by molar-refractivity contribution is -0.130. The van der Waals surface area contributed by atoms with Crippen molar-refractivity contribution in [2.24, 2.45) is 5.10 Å². The summed E-state index contributed by atoms with van der Waals surface area (Å²) >= 11 is 7.04. The highest BCUT2D eigenvalue weighted by atomic mass is 79.9. The first-order valence-corrected chi connectivity index (χ1v) is 9.57. The molecule has 0 radical (unpaired) electrons. The Morgan fingerprint density at radius 2 is 1.85 bits per heavy atom. The summed E-state index contributed by atoms with van der Waals surface area (Å²) in [5.41, 5.74) is 2.78. The maximum absolute atomic E-state index is 12.2. The van der Waals surface area contributed by atoms with Crippen LogP contribution < -0.4 is 9.47 Å². The number of benzene rings is 2. The van der Waals surface area contributed by atoms with Gasteiger partial charge < -0.3 is 9.47 Å². The number of hydrazone groups is 1. The monoisotopic (exact) mass is 480 g/mol. The molecule has 0 saturated heterocycles. The van der Waals surface area contributed by atoms with Crippen LogP contribution in [0.2, 0.25) is 0 Å². The fourth-order valence-electron chi connectivity index (χ4n) is 3.01. The predicted molar refractivity (Wildman–Crippen MR) is 108 cm³/mol. The smallest absolute Gasteiger partial charge is 0.240 e. The van der Waals surface area contributed by atoms with Gasteiger partial charge in [0, 0.05) is 27.9 Å². The lowest BCUT2D eigenvalue weighted by atomic mass is 9.98. The average Bonchev–Trinajstić information content (AvgIpc) is 3.06. The van der Waals surface area contributed by atoms with E-state index >= 15 is 0 Å². The van der Waals surface area contributed by atoms with Gasteiger partial charge in [-0.2, -0.15) is 5.10 Å². The summed E-state index contributed by atoms with van der Waals surface area (Å²) in [5.74, 6) is 1.18. The molecule has 2 aromatic carbocycles. The summed E-state index contributed by atoms with van der Waals surface area (Å²) in [7, 11) is 3.20.